The molecule has 1 aromatic carbocycles. The Kier molecular flexibility index (Phi) is 13.6. The van der Waals surface area contributed by atoms with Crippen molar-refractivity contribution in [3.8, 4) is 5.75 Å². The maximum atomic E-state index is 13.0. The average Bonchev–Trinajstić information content (AvgIpc) is 2.87. The quantitative estimate of drug-likeness (QED) is 0.0965. The third-order valence-electron chi connectivity index (χ3n) is 5.56. The highest BCUT2D eigenvalue weighted by Gasteiger charge is 2.31. The summed E-state index contributed by atoms with van der Waals surface area (Å²) in [6, 6.07) is -0.511. The van der Waals surface area contributed by atoms with Gasteiger partial charge in [-0.15, -0.1) is 0 Å². The number of amides is 3. The Labute approximate surface area is 227 Å². The minimum Gasteiger partial charge on any atom is -0.508 e. The Morgan fingerprint density at radius 1 is 0.625 bits per heavy atom. The van der Waals surface area contributed by atoms with Crippen LogP contribution in [-0.4, -0.2) is 91.3 Å². The highest BCUT2D eigenvalue weighted by atomic mass is 16.4. The smallest absolute Gasteiger partial charge is 0.326 e. The molecule has 0 saturated carbocycles. The van der Waals surface area contributed by atoms with Gasteiger partial charge in [0.05, 0.1) is 6.04 Å². The molecule has 0 heterocycles. The molecule has 0 radical (unpaired) electrons. The fourth-order valence-electron chi connectivity index (χ4n) is 3.37. The van der Waals surface area contributed by atoms with Gasteiger partial charge in [-0.05, 0) is 37.0 Å². The number of phenols is 1. The molecule has 0 aliphatic carbocycles. The minimum absolute atomic E-state index is 0.0662. The first-order valence-electron chi connectivity index (χ1n) is 12.0. The van der Waals surface area contributed by atoms with Crippen molar-refractivity contribution in [3.63, 3.8) is 0 Å². The molecule has 220 valence electrons. The van der Waals surface area contributed by atoms with E-state index in [9.17, 15) is 43.8 Å². The van der Waals surface area contributed by atoms with Crippen molar-refractivity contribution in [1.29, 1.82) is 0 Å². The topological polar surface area (TPSA) is 283 Å². The highest BCUT2D eigenvalue weighted by Crippen LogP contribution is 2.12. The fraction of sp³-hybridized carbons (Fsp3) is 0.458. The number of nitrogens with one attached hydrogen (secondary N) is 3. The standard InChI is InChI=1S/C24H32N4O12/c25-14(5-8-18(30)31)21(36)26-15(6-9-19(32)33)22(37)27-16(7-10-20(34)35)23(38)28-17(24(39)40)11-12-1-3-13(29)4-2-12/h1-4,14-17,29H,5-11,25H2,(H,26,36)(H,27,37)(H,28,38)(H,30,31)(H,32,33)(H,34,35)(H,39,40)/t14-,15-,16-,17-/m0/s1. The summed E-state index contributed by atoms with van der Waals surface area (Å²) in [5.41, 5.74) is 6.07. The number of carboxylic acid groups (broad SMARTS) is 4. The molecule has 0 aliphatic rings. The van der Waals surface area contributed by atoms with Crippen molar-refractivity contribution >= 4 is 41.6 Å². The molecule has 10 N–H and O–H groups in total. The molecule has 0 aromatic heterocycles. The van der Waals surface area contributed by atoms with Crippen molar-refractivity contribution < 1.29 is 59.1 Å². The molecule has 0 saturated heterocycles. The summed E-state index contributed by atoms with van der Waals surface area (Å²) in [6.45, 7) is 0. The number of benzene rings is 1. The third-order valence-corrected chi connectivity index (χ3v) is 5.56. The summed E-state index contributed by atoms with van der Waals surface area (Å²) in [4.78, 5) is 82.9. The molecule has 0 fully saturated rings. The molecule has 40 heavy (non-hydrogen) atoms. The van der Waals surface area contributed by atoms with Crippen molar-refractivity contribution in [2.45, 2.75) is 69.1 Å². The molecular formula is C24H32N4O12. The van der Waals surface area contributed by atoms with Crippen molar-refractivity contribution in [1.82, 2.24) is 16.0 Å². The maximum Gasteiger partial charge on any atom is 0.326 e. The molecular weight excluding hydrogens is 536 g/mol. The normalized spacial score (nSPS) is 13.6. The number of aliphatic carboxylic acids is 4. The van der Waals surface area contributed by atoms with E-state index in [1.54, 1.807) is 0 Å². The minimum atomic E-state index is -1.59. The Balaban J connectivity index is 3.07. The van der Waals surface area contributed by atoms with Crippen LogP contribution in [0.1, 0.15) is 44.1 Å². The van der Waals surface area contributed by atoms with Gasteiger partial charge in [0.1, 0.15) is 23.9 Å². The first kappa shape index (κ1) is 33.3. The van der Waals surface area contributed by atoms with E-state index < -0.39 is 97.9 Å². The summed E-state index contributed by atoms with van der Waals surface area (Å²) in [6.07, 6.45) is -3.08. The number of carbonyl (C=O) groups excluding carboxylic acids is 3. The van der Waals surface area contributed by atoms with E-state index in [2.05, 4.69) is 16.0 Å². The molecule has 0 spiro atoms. The Morgan fingerprint density at radius 3 is 1.45 bits per heavy atom. The summed E-state index contributed by atoms with van der Waals surface area (Å²) in [5.74, 6) is -8.46. The summed E-state index contributed by atoms with van der Waals surface area (Å²) < 4.78 is 0. The van der Waals surface area contributed by atoms with Crippen molar-refractivity contribution in [2.75, 3.05) is 0 Å². The predicted octanol–water partition coefficient (Wildman–Crippen LogP) is -1.60. The molecule has 1 rings (SSSR count). The van der Waals surface area contributed by atoms with Crippen LogP contribution in [0, 0.1) is 0 Å². The van der Waals surface area contributed by atoms with E-state index in [-0.39, 0.29) is 18.6 Å². The molecule has 4 atom stereocenters. The van der Waals surface area contributed by atoms with E-state index >= 15 is 0 Å². The van der Waals surface area contributed by atoms with Crippen LogP contribution in [0.3, 0.4) is 0 Å². The van der Waals surface area contributed by atoms with E-state index in [4.69, 9.17) is 21.1 Å². The number of nitrogens with two attached hydrogens (primary N) is 1. The number of hydrogen-bond acceptors (Lipinski definition) is 9. The van der Waals surface area contributed by atoms with E-state index in [1.807, 2.05) is 0 Å². The van der Waals surface area contributed by atoms with Crippen molar-refractivity contribution in [2.24, 2.45) is 5.73 Å². The lowest BCUT2D eigenvalue weighted by Gasteiger charge is -2.25. The number of phenolic OH excluding ortho intramolecular Hbond substituents is 1. The zero-order valence-electron chi connectivity index (χ0n) is 21.2. The summed E-state index contributed by atoms with van der Waals surface area (Å²) >= 11 is 0. The van der Waals surface area contributed by atoms with Crippen LogP contribution in [0.5, 0.6) is 5.75 Å². The molecule has 0 unspecified atom stereocenters. The average molecular weight is 569 g/mol. The van der Waals surface area contributed by atoms with Crippen LogP contribution in [0.15, 0.2) is 24.3 Å². The van der Waals surface area contributed by atoms with E-state index in [0.717, 1.165) is 0 Å². The lowest BCUT2D eigenvalue weighted by Crippen LogP contribution is -2.57. The summed E-state index contributed by atoms with van der Waals surface area (Å²) in [5, 5.41) is 52.4. The second-order valence-electron chi connectivity index (χ2n) is 8.80. The SMILES string of the molecule is N[C@@H](CCC(=O)O)C(=O)N[C@@H](CCC(=O)O)C(=O)N[C@@H](CCC(=O)O)C(=O)N[C@@H](Cc1ccc(O)cc1)C(=O)O. The number of hydrogen-bond donors (Lipinski definition) is 9. The first-order chi connectivity index (χ1) is 18.7. The zero-order chi connectivity index (χ0) is 30.4. The first-order valence-corrected chi connectivity index (χ1v) is 12.0. The second-order valence-corrected chi connectivity index (χ2v) is 8.80. The van der Waals surface area contributed by atoms with Crippen LogP contribution in [0.2, 0.25) is 0 Å². The number of carbonyl (C=O) groups is 7. The Hall–Kier alpha value is -4.73. The fourth-order valence-corrected chi connectivity index (χ4v) is 3.37. The van der Waals surface area contributed by atoms with Crippen LogP contribution in [0.4, 0.5) is 0 Å². The van der Waals surface area contributed by atoms with Gasteiger partial charge in [-0.1, -0.05) is 12.1 Å². The Bertz CT molecular complexity index is 1090. The van der Waals surface area contributed by atoms with Gasteiger partial charge in [-0.3, -0.25) is 28.8 Å². The van der Waals surface area contributed by atoms with E-state index in [0.29, 0.717) is 5.56 Å². The highest BCUT2D eigenvalue weighted by molar-refractivity contribution is 5.94. The van der Waals surface area contributed by atoms with Crippen LogP contribution < -0.4 is 21.7 Å². The van der Waals surface area contributed by atoms with Gasteiger partial charge in [0.2, 0.25) is 17.7 Å². The molecule has 3 amide bonds. The molecule has 0 aliphatic heterocycles. The number of carboxylic acids is 4. The predicted molar refractivity (Wildman–Crippen MR) is 134 cm³/mol. The lowest BCUT2D eigenvalue weighted by atomic mass is 10.0. The number of rotatable bonds is 18. The molecule has 16 heteroatoms. The van der Waals surface area contributed by atoms with Gasteiger partial charge in [-0.25, -0.2) is 4.79 Å². The molecule has 1 aromatic rings. The second kappa shape index (κ2) is 16.3. The summed E-state index contributed by atoms with van der Waals surface area (Å²) in [7, 11) is 0. The van der Waals surface area contributed by atoms with Crippen molar-refractivity contribution in [3.05, 3.63) is 29.8 Å². The van der Waals surface area contributed by atoms with Gasteiger partial charge >= 0.3 is 23.9 Å². The Morgan fingerprint density at radius 2 is 1.02 bits per heavy atom. The van der Waals surface area contributed by atoms with Gasteiger partial charge in [0, 0.05) is 25.7 Å². The van der Waals surface area contributed by atoms with Crippen LogP contribution >= 0.6 is 0 Å². The van der Waals surface area contributed by atoms with Gasteiger partial charge in [0.25, 0.3) is 0 Å². The third kappa shape index (κ3) is 12.7. The number of aromatic hydroxyl groups is 1. The van der Waals surface area contributed by atoms with E-state index in [1.165, 1.54) is 24.3 Å². The lowest BCUT2D eigenvalue weighted by molar-refractivity contribution is -0.143. The maximum absolute atomic E-state index is 13.0. The monoisotopic (exact) mass is 568 g/mol. The molecule has 16 nitrogen and oxygen atoms in total. The van der Waals surface area contributed by atoms with Gasteiger partial charge in [0.15, 0.2) is 0 Å². The van der Waals surface area contributed by atoms with Crippen LogP contribution in [0.25, 0.3) is 0 Å². The van der Waals surface area contributed by atoms with Crippen LogP contribution in [-0.2, 0) is 40.0 Å². The van der Waals surface area contributed by atoms with Gasteiger partial charge in [-0.2, -0.15) is 0 Å². The zero-order valence-corrected chi connectivity index (χ0v) is 21.2. The van der Waals surface area contributed by atoms with Gasteiger partial charge < -0.3 is 47.2 Å². The molecule has 0 bridgehead atoms. The largest absolute Gasteiger partial charge is 0.508 e.